The van der Waals surface area contributed by atoms with E-state index in [1.807, 2.05) is 45.0 Å². The highest BCUT2D eigenvalue weighted by atomic mass is 16.3. The van der Waals surface area contributed by atoms with E-state index in [0.29, 0.717) is 0 Å². The van der Waals surface area contributed by atoms with Gasteiger partial charge in [-0.15, -0.1) is 0 Å². The molecule has 3 nitrogen and oxygen atoms in total. The van der Waals surface area contributed by atoms with E-state index in [2.05, 4.69) is 9.97 Å². The van der Waals surface area contributed by atoms with Gasteiger partial charge in [-0.1, -0.05) is 24.3 Å². The van der Waals surface area contributed by atoms with Gasteiger partial charge < -0.3 is 5.11 Å². The summed E-state index contributed by atoms with van der Waals surface area (Å²) in [6.07, 6.45) is 0. The van der Waals surface area contributed by atoms with Crippen LogP contribution in [0.15, 0.2) is 24.3 Å². The topological polar surface area (TPSA) is 46.0 Å². The Morgan fingerprint density at radius 1 is 0.941 bits per heavy atom. The highest BCUT2D eigenvalue weighted by molar-refractivity contribution is 5.56. The smallest absolute Gasteiger partial charge is 0.159 e. The van der Waals surface area contributed by atoms with Crippen molar-refractivity contribution >= 4 is 0 Å². The molecule has 0 unspecified atom stereocenters. The number of aromatic nitrogens is 2. The van der Waals surface area contributed by atoms with E-state index in [9.17, 15) is 0 Å². The molecule has 1 heterocycles. The van der Waals surface area contributed by atoms with Crippen LogP contribution in [0.5, 0.6) is 0 Å². The maximum absolute atomic E-state index is 8.99. The molecule has 0 atom stereocenters. The first kappa shape index (κ1) is 11.7. The number of aryl methyl sites for hydroxylation is 2. The van der Waals surface area contributed by atoms with Crippen molar-refractivity contribution in [3.05, 3.63) is 46.8 Å². The van der Waals surface area contributed by atoms with Gasteiger partial charge in [0.05, 0.1) is 6.61 Å². The fourth-order valence-corrected chi connectivity index (χ4v) is 1.66. The molecule has 0 saturated carbocycles. The second-order valence-corrected chi connectivity index (χ2v) is 4.20. The zero-order valence-electron chi connectivity index (χ0n) is 10.4. The SMILES string of the molecule is Cc1nc(-c2ccc(CO)cc2)nc(C)c1C. The minimum atomic E-state index is 0.0626. The molecule has 0 aliphatic rings. The normalized spacial score (nSPS) is 10.6. The molecule has 0 fully saturated rings. The Kier molecular flexibility index (Phi) is 3.20. The van der Waals surface area contributed by atoms with Crippen LogP contribution in [0.1, 0.15) is 22.5 Å². The van der Waals surface area contributed by atoms with Crippen LogP contribution in [-0.2, 0) is 6.61 Å². The van der Waals surface area contributed by atoms with E-state index in [-0.39, 0.29) is 6.61 Å². The zero-order chi connectivity index (χ0) is 12.4. The number of nitrogens with zero attached hydrogens (tertiary/aromatic N) is 2. The summed E-state index contributed by atoms with van der Waals surface area (Å²) in [5.41, 5.74) is 5.04. The van der Waals surface area contributed by atoms with Crippen LogP contribution in [0, 0.1) is 20.8 Å². The third-order valence-electron chi connectivity index (χ3n) is 3.03. The number of hydrogen-bond acceptors (Lipinski definition) is 3. The standard InChI is InChI=1S/C14H16N2O/c1-9-10(2)15-14(16-11(9)3)13-6-4-12(8-17)5-7-13/h4-7,17H,8H2,1-3H3. The molecular weight excluding hydrogens is 212 g/mol. The van der Waals surface area contributed by atoms with Gasteiger partial charge in [0.15, 0.2) is 5.82 Å². The van der Waals surface area contributed by atoms with E-state index in [4.69, 9.17) is 5.11 Å². The monoisotopic (exact) mass is 228 g/mol. The Balaban J connectivity index is 2.45. The first-order valence-electron chi connectivity index (χ1n) is 5.64. The van der Waals surface area contributed by atoms with Crippen molar-refractivity contribution in [2.45, 2.75) is 27.4 Å². The van der Waals surface area contributed by atoms with Crippen LogP contribution in [0.4, 0.5) is 0 Å². The minimum absolute atomic E-state index is 0.0626. The predicted molar refractivity (Wildman–Crippen MR) is 67.6 cm³/mol. The average Bonchev–Trinajstić information content (AvgIpc) is 2.35. The number of rotatable bonds is 2. The molecule has 0 aliphatic heterocycles. The summed E-state index contributed by atoms with van der Waals surface area (Å²) in [5, 5.41) is 8.99. The van der Waals surface area contributed by atoms with Crippen LogP contribution < -0.4 is 0 Å². The van der Waals surface area contributed by atoms with E-state index in [0.717, 1.165) is 33.9 Å². The Labute approximate surface area is 101 Å². The first-order chi connectivity index (χ1) is 8.11. The summed E-state index contributed by atoms with van der Waals surface area (Å²) in [4.78, 5) is 8.97. The van der Waals surface area contributed by atoms with Crippen LogP contribution in [0.2, 0.25) is 0 Å². The molecule has 2 rings (SSSR count). The van der Waals surface area contributed by atoms with Gasteiger partial charge in [0, 0.05) is 17.0 Å². The molecule has 17 heavy (non-hydrogen) atoms. The molecule has 0 spiro atoms. The molecule has 1 aromatic heterocycles. The van der Waals surface area contributed by atoms with Crippen molar-refractivity contribution < 1.29 is 5.11 Å². The van der Waals surface area contributed by atoms with Crippen molar-refractivity contribution in [1.29, 1.82) is 0 Å². The van der Waals surface area contributed by atoms with Crippen molar-refractivity contribution in [1.82, 2.24) is 9.97 Å². The Hall–Kier alpha value is -1.74. The Morgan fingerprint density at radius 3 is 1.94 bits per heavy atom. The minimum Gasteiger partial charge on any atom is -0.392 e. The molecule has 2 aromatic rings. The van der Waals surface area contributed by atoms with E-state index >= 15 is 0 Å². The van der Waals surface area contributed by atoms with Gasteiger partial charge in [0.25, 0.3) is 0 Å². The first-order valence-corrected chi connectivity index (χ1v) is 5.64. The van der Waals surface area contributed by atoms with Crippen LogP contribution in [0.25, 0.3) is 11.4 Å². The van der Waals surface area contributed by atoms with Crippen molar-refractivity contribution in [3.8, 4) is 11.4 Å². The summed E-state index contributed by atoms with van der Waals surface area (Å²) >= 11 is 0. The molecule has 0 radical (unpaired) electrons. The fraction of sp³-hybridized carbons (Fsp3) is 0.286. The average molecular weight is 228 g/mol. The third kappa shape index (κ3) is 2.34. The van der Waals surface area contributed by atoms with Gasteiger partial charge in [-0.2, -0.15) is 0 Å². The largest absolute Gasteiger partial charge is 0.392 e. The highest BCUT2D eigenvalue weighted by Crippen LogP contribution is 2.18. The summed E-state index contributed by atoms with van der Waals surface area (Å²) in [6.45, 7) is 6.08. The van der Waals surface area contributed by atoms with Gasteiger partial charge in [0.2, 0.25) is 0 Å². The quantitative estimate of drug-likeness (QED) is 0.859. The Morgan fingerprint density at radius 2 is 1.47 bits per heavy atom. The molecule has 1 aromatic carbocycles. The van der Waals surface area contributed by atoms with Crippen LogP contribution in [-0.4, -0.2) is 15.1 Å². The summed E-state index contributed by atoms with van der Waals surface area (Å²) in [7, 11) is 0. The van der Waals surface area contributed by atoms with Crippen molar-refractivity contribution in [2.24, 2.45) is 0 Å². The van der Waals surface area contributed by atoms with Gasteiger partial charge in [-0.3, -0.25) is 0 Å². The second kappa shape index (κ2) is 4.63. The van der Waals surface area contributed by atoms with Crippen molar-refractivity contribution in [2.75, 3.05) is 0 Å². The number of benzene rings is 1. The van der Waals surface area contributed by atoms with Gasteiger partial charge in [-0.25, -0.2) is 9.97 Å². The van der Waals surface area contributed by atoms with Crippen LogP contribution in [0.3, 0.4) is 0 Å². The van der Waals surface area contributed by atoms with E-state index in [1.165, 1.54) is 0 Å². The number of aliphatic hydroxyl groups excluding tert-OH is 1. The maximum Gasteiger partial charge on any atom is 0.159 e. The molecule has 1 N–H and O–H groups in total. The molecule has 0 saturated heterocycles. The number of aliphatic hydroxyl groups is 1. The van der Waals surface area contributed by atoms with Crippen molar-refractivity contribution in [3.63, 3.8) is 0 Å². The van der Waals surface area contributed by atoms with Gasteiger partial charge in [-0.05, 0) is 31.9 Å². The molecule has 0 amide bonds. The maximum atomic E-state index is 8.99. The van der Waals surface area contributed by atoms with Crippen LogP contribution >= 0.6 is 0 Å². The lowest BCUT2D eigenvalue weighted by Crippen LogP contribution is -1.99. The molecule has 88 valence electrons. The molecule has 0 bridgehead atoms. The zero-order valence-corrected chi connectivity index (χ0v) is 10.4. The second-order valence-electron chi connectivity index (χ2n) is 4.20. The van der Waals surface area contributed by atoms with E-state index < -0.39 is 0 Å². The van der Waals surface area contributed by atoms with Gasteiger partial charge in [0.1, 0.15) is 0 Å². The van der Waals surface area contributed by atoms with Gasteiger partial charge >= 0.3 is 0 Å². The fourth-order valence-electron chi connectivity index (χ4n) is 1.66. The lowest BCUT2D eigenvalue weighted by Gasteiger charge is -2.07. The predicted octanol–water partition coefficient (Wildman–Crippen LogP) is 2.56. The molecular formula is C14H16N2O. The van der Waals surface area contributed by atoms with E-state index in [1.54, 1.807) is 0 Å². The summed E-state index contributed by atoms with van der Waals surface area (Å²) in [6, 6.07) is 7.66. The molecule has 3 heteroatoms. The Bertz CT molecular complexity index is 509. The summed E-state index contributed by atoms with van der Waals surface area (Å²) < 4.78 is 0. The highest BCUT2D eigenvalue weighted by Gasteiger charge is 2.06. The third-order valence-corrected chi connectivity index (χ3v) is 3.03. The number of hydrogen-bond donors (Lipinski definition) is 1. The lowest BCUT2D eigenvalue weighted by atomic mass is 10.1. The summed E-state index contributed by atoms with van der Waals surface area (Å²) in [5.74, 6) is 0.745. The lowest BCUT2D eigenvalue weighted by molar-refractivity contribution is 0.282. The molecule has 0 aliphatic carbocycles.